The number of likely N-dealkylation sites (tertiary alicyclic amines) is 1. The molecule has 4 rings (SSSR count). The fraction of sp³-hybridized carbons (Fsp3) is 0.633. The molecule has 2 amide bonds. The van der Waals surface area contributed by atoms with Crippen molar-refractivity contribution in [1.29, 1.82) is 0 Å². The summed E-state index contributed by atoms with van der Waals surface area (Å²) in [7, 11) is 0. The minimum absolute atomic E-state index is 0.0728. The summed E-state index contributed by atoms with van der Waals surface area (Å²) < 4.78 is 12.1. The van der Waals surface area contributed by atoms with E-state index in [1.807, 2.05) is 52.8 Å². The lowest BCUT2D eigenvalue weighted by Crippen LogP contribution is -2.60. The summed E-state index contributed by atoms with van der Waals surface area (Å²) in [6.07, 6.45) is 3.39. The molecule has 7 atom stereocenters. The van der Waals surface area contributed by atoms with Crippen molar-refractivity contribution >= 4 is 23.5 Å². The monoisotopic (exact) mass is 526 g/mol. The summed E-state index contributed by atoms with van der Waals surface area (Å²) in [6, 6.07) is 4.27. The fourth-order valence-electron chi connectivity index (χ4n) is 7.20. The Balaban J connectivity index is 1.90. The molecule has 8 nitrogen and oxygen atoms in total. The molecule has 3 heterocycles. The van der Waals surface area contributed by atoms with Crippen molar-refractivity contribution in [3.63, 3.8) is 0 Å². The molecule has 0 saturated carbocycles. The normalized spacial score (nSPS) is 31.2. The van der Waals surface area contributed by atoms with E-state index in [-0.39, 0.29) is 37.5 Å². The van der Waals surface area contributed by atoms with Gasteiger partial charge in [-0.15, -0.1) is 6.58 Å². The van der Waals surface area contributed by atoms with Crippen LogP contribution in [0.5, 0.6) is 0 Å². The van der Waals surface area contributed by atoms with E-state index < -0.39 is 41.1 Å². The van der Waals surface area contributed by atoms with Crippen molar-refractivity contribution in [1.82, 2.24) is 4.90 Å². The Hall–Kier alpha value is -2.71. The van der Waals surface area contributed by atoms with Gasteiger partial charge in [0.05, 0.1) is 30.8 Å². The number of aliphatic hydroxyl groups is 1. The zero-order valence-electron chi connectivity index (χ0n) is 23.5. The van der Waals surface area contributed by atoms with Crippen LogP contribution in [0.3, 0.4) is 0 Å². The number of aryl methyl sites for hydroxylation is 2. The second kappa shape index (κ2) is 10.5. The maximum Gasteiger partial charge on any atom is 0.312 e. The number of amides is 2. The van der Waals surface area contributed by atoms with E-state index in [2.05, 4.69) is 6.58 Å². The zero-order valence-corrected chi connectivity index (χ0v) is 23.5. The molecule has 0 aliphatic carbocycles. The standard InChI is InChI=1S/C30H42N2O6/c1-8-16-31(24-19(5)12-11-13-20(24)6)27(35)25-30-15-14-29(7,38-30)23(28(36)37-10-3)22(30)26(34)32(25)21(17-33)18(4)9-2/h8,11-13,18,21-23,25,33H,1,9-10,14-17H2,2-7H3/t18-,21-,22-,23-,25?,29+,30?/m0/s1. The van der Waals surface area contributed by atoms with Crippen molar-refractivity contribution in [2.75, 3.05) is 24.7 Å². The van der Waals surface area contributed by atoms with E-state index in [0.29, 0.717) is 19.3 Å². The lowest BCUT2D eigenvalue weighted by Gasteiger charge is -2.41. The third-order valence-corrected chi connectivity index (χ3v) is 9.12. The van der Waals surface area contributed by atoms with Gasteiger partial charge in [-0.3, -0.25) is 14.4 Å². The molecule has 3 saturated heterocycles. The first-order valence-corrected chi connectivity index (χ1v) is 13.8. The van der Waals surface area contributed by atoms with Gasteiger partial charge in [0.2, 0.25) is 5.91 Å². The van der Waals surface area contributed by atoms with Gasteiger partial charge in [0.25, 0.3) is 5.91 Å². The van der Waals surface area contributed by atoms with Crippen LogP contribution in [-0.2, 0) is 23.9 Å². The van der Waals surface area contributed by atoms with Crippen LogP contribution in [0.15, 0.2) is 30.9 Å². The first-order valence-electron chi connectivity index (χ1n) is 13.8. The first kappa shape index (κ1) is 28.3. The average molecular weight is 527 g/mol. The van der Waals surface area contributed by atoms with Crippen molar-refractivity contribution in [2.24, 2.45) is 17.8 Å². The minimum Gasteiger partial charge on any atom is -0.466 e. The molecule has 0 aromatic heterocycles. The molecule has 3 fully saturated rings. The lowest BCUT2D eigenvalue weighted by atomic mass is 9.66. The number of anilines is 1. The summed E-state index contributed by atoms with van der Waals surface area (Å²) >= 11 is 0. The second-order valence-electron chi connectivity index (χ2n) is 11.3. The molecule has 2 unspecified atom stereocenters. The largest absolute Gasteiger partial charge is 0.466 e. The van der Waals surface area contributed by atoms with Crippen LogP contribution < -0.4 is 4.90 Å². The van der Waals surface area contributed by atoms with Crippen LogP contribution in [0.25, 0.3) is 0 Å². The van der Waals surface area contributed by atoms with Gasteiger partial charge in [-0.05, 0) is 57.6 Å². The Labute approximate surface area is 226 Å². The van der Waals surface area contributed by atoms with E-state index in [1.165, 1.54) is 0 Å². The van der Waals surface area contributed by atoms with Crippen molar-refractivity contribution in [2.45, 2.75) is 84.1 Å². The number of nitrogens with zero attached hydrogens (tertiary/aromatic N) is 2. The van der Waals surface area contributed by atoms with E-state index in [9.17, 15) is 19.5 Å². The number of ether oxygens (including phenoxy) is 2. The van der Waals surface area contributed by atoms with Crippen LogP contribution in [0.1, 0.15) is 58.1 Å². The molecule has 208 valence electrons. The van der Waals surface area contributed by atoms with E-state index in [4.69, 9.17) is 9.47 Å². The Morgan fingerprint density at radius 1 is 1.29 bits per heavy atom. The minimum atomic E-state index is -1.18. The topological polar surface area (TPSA) is 96.4 Å². The number of fused-ring (bicyclic) bond motifs is 1. The van der Waals surface area contributed by atoms with Gasteiger partial charge in [-0.1, -0.05) is 44.5 Å². The van der Waals surface area contributed by atoms with Crippen LogP contribution in [0, 0.1) is 31.6 Å². The van der Waals surface area contributed by atoms with Gasteiger partial charge in [0, 0.05) is 12.2 Å². The number of hydrogen-bond donors (Lipinski definition) is 1. The number of carbonyl (C=O) groups excluding carboxylic acids is 3. The highest BCUT2D eigenvalue weighted by molar-refractivity contribution is 6.05. The summed E-state index contributed by atoms with van der Waals surface area (Å²) in [4.78, 5) is 45.6. The molecule has 1 aromatic carbocycles. The predicted molar refractivity (Wildman–Crippen MR) is 144 cm³/mol. The number of carbonyl (C=O) groups is 3. The molecule has 3 aliphatic rings. The zero-order chi connectivity index (χ0) is 28.0. The number of rotatable bonds is 10. The van der Waals surface area contributed by atoms with Crippen molar-refractivity contribution in [3.8, 4) is 0 Å². The van der Waals surface area contributed by atoms with Crippen LogP contribution in [0.2, 0.25) is 0 Å². The molecule has 8 heteroatoms. The Bertz CT molecular complexity index is 1100. The predicted octanol–water partition coefficient (Wildman–Crippen LogP) is 3.56. The van der Waals surface area contributed by atoms with E-state index in [0.717, 1.165) is 16.8 Å². The SMILES string of the molecule is C=CCN(C(=O)C1N([C@@H](CO)[C@@H](C)CC)C(=O)[C@@H]2[C@@H](C(=O)OCC)[C@@]3(C)CCC12O3)c1c(C)cccc1C. The smallest absolute Gasteiger partial charge is 0.312 e. The van der Waals surface area contributed by atoms with E-state index >= 15 is 0 Å². The van der Waals surface area contributed by atoms with Crippen molar-refractivity contribution in [3.05, 3.63) is 42.0 Å². The first-order chi connectivity index (χ1) is 18.0. The Kier molecular flexibility index (Phi) is 7.79. The number of benzene rings is 1. The molecule has 0 radical (unpaired) electrons. The number of para-hydroxylation sites is 1. The molecular formula is C30H42N2O6. The van der Waals surface area contributed by atoms with Gasteiger partial charge in [0.15, 0.2) is 0 Å². The summed E-state index contributed by atoms with van der Waals surface area (Å²) in [5.74, 6) is -2.80. The number of aliphatic hydroxyl groups excluding tert-OH is 1. The molecule has 38 heavy (non-hydrogen) atoms. The maximum absolute atomic E-state index is 14.8. The average Bonchev–Trinajstić information content (AvgIpc) is 3.44. The Morgan fingerprint density at radius 3 is 2.50 bits per heavy atom. The molecule has 2 bridgehead atoms. The highest BCUT2D eigenvalue weighted by Gasteiger charge is 2.79. The Morgan fingerprint density at radius 2 is 1.95 bits per heavy atom. The van der Waals surface area contributed by atoms with E-state index in [1.54, 1.807) is 22.8 Å². The molecule has 1 N–H and O–H groups in total. The molecule has 3 aliphatic heterocycles. The summed E-state index contributed by atoms with van der Waals surface area (Å²) in [5, 5.41) is 10.5. The highest BCUT2D eigenvalue weighted by atomic mass is 16.6. The number of hydrogen-bond acceptors (Lipinski definition) is 6. The molecular weight excluding hydrogens is 484 g/mol. The number of esters is 1. The second-order valence-corrected chi connectivity index (χ2v) is 11.3. The lowest BCUT2D eigenvalue weighted by molar-refractivity contribution is -0.160. The van der Waals surface area contributed by atoms with Gasteiger partial charge < -0.3 is 24.4 Å². The van der Waals surface area contributed by atoms with Crippen molar-refractivity contribution < 1.29 is 29.0 Å². The van der Waals surface area contributed by atoms with Gasteiger partial charge in [0.1, 0.15) is 17.6 Å². The summed E-state index contributed by atoms with van der Waals surface area (Å²) in [5.41, 5.74) is 0.549. The quantitative estimate of drug-likeness (QED) is 0.370. The van der Waals surface area contributed by atoms with Gasteiger partial charge in [-0.25, -0.2) is 0 Å². The summed E-state index contributed by atoms with van der Waals surface area (Å²) in [6.45, 7) is 15.5. The van der Waals surface area contributed by atoms with Crippen LogP contribution in [0.4, 0.5) is 5.69 Å². The third-order valence-electron chi connectivity index (χ3n) is 9.12. The van der Waals surface area contributed by atoms with Crippen LogP contribution >= 0.6 is 0 Å². The third kappa shape index (κ3) is 4.08. The highest BCUT2D eigenvalue weighted by Crippen LogP contribution is 2.64. The van der Waals surface area contributed by atoms with Gasteiger partial charge >= 0.3 is 5.97 Å². The van der Waals surface area contributed by atoms with Crippen LogP contribution in [-0.4, -0.2) is 70.8 Å². The van der Waals surface area contributed by atoms with Gasteiger partial charge in [-0.2, -0.15) is 0 Å². The maximum atomic E-state index is 14.8. The molecule has 1 aromatic rings. The molecule has 1 spiro atoms. The fourth-order valence-corrected chi connectivity index (χ4v) is 7.20.